The molecule has 0 amide bonds. The Morgan fingerprint density at radius 1 is 0.957 bits per heavy atom. The maximum absolute atomic E-state index is 10.7. The molecule has 5 rings (SSSR count). The van der Waals surface area contributed by atoms with Crippen LogP contribution in [0.5, 0.6) is 0 Å². The summed E-state index contributed by atoms with van der Waals surface area (Å²) in [7, 11) is 0. The molecule has 0 aromatic carbocycles. The number of nitrogens with zero attached hydrogens (tertiary/aromatic N) is 1. The molecule has 23 heavy (non-hydrogen) atoms. The molecule has 0 saturated carbocycles. The smallest absolute Gasteiger partial charge is 0.351 e. The first-order valence-corrected chi connectivity index (χ1v) is 9.36. The fourth-order valence-electron chi connectivity index (χ4n) is 5.41. The highest BCUT2D eigenvalue weighted by molar-refractivity contribution is 5.77. The molecule has 3 N–H and O–H groups in total. The van der Waals surface area contributed by atoms with E-state index in [1.165, 1.54) is 12.8 Å². The van der Waals surface area contributed by atoms with E-state index in [9.17, 15) is 5.11 Å². The number of nitrogens with one attached hydrogen (secondary N) is 2. The lowest BCUT2D eigenvalue weighted by Gasteiger charge is -2.47. The van der Waals surface area contributed by atoms with Crippen molar-refractivity contribution in [3.63, 3.8) is 0 Å². The van der Waals surface area contributed by atoms with Crippen molar-refractivity contribution in [3.8, 4) is 0 Å². The minimum atomic E-state index is -0.301. The molecule has 128 valence electrons. The molecule has 2 spiro atoms. The summed E-state index contributed by atoms with van der Waals surface area (Å²) in [5.41, 5.74) is -0.547. The Morgan fingerprint density at radius 3 is 2.22 bits per heavy atom. The SMILES string of the molecule is O[C@H]1C[C@H]2C[C@@]3(CCCCO3)NC3=[N+]2[C@@H]1C[C@@]1(CCCCO1)N3. The topological polar surface area (TPSA) is 65.8 Å². The first kappa shape index (κ1) is 14.5. The van der Waals surface area contributed by atoms with E-state index >= 15 is 0 Å². The molecule has 5 heterocycles. The van der Waals surface area contributed by atoms with Gasteiger partial charge < -0.3 is 14.6 Å². The zero-order valence-electron chi connectivity index (χ0n) is 13.7. The first-order valence-electron chi connectivity index (χ1n) is 9.36. The van der Waals surface area contributed by atoms with Gasteiger partial charge in [-0.15, -0.1) is 0 Å². The van der Waals surface area contributed by atoms with Crippen LogP contribution in [0.4, 0.5) is 0 Å². The third-order valence-corrected chi connectivity index (χ3v) is 6.47. The largest absolute Gasteiger partial charge is 0.389 e. The Labute approximate surface area is 137 Å². The van der Waals surface area contributed by atoms with Crippen LogP contribution in [0.15, 0.2) is 0 Å². The quantitative estimate of drug-likeness (QED) is 0.571. The van der Waals surface area contributed by atoms with Gasteiger partial charge in [0.1, 0.15) is 6.04 Å². The van der Waals surface area contributed by atoms with E-state index < -0.39 is 0 Å². The third-order valence-electron chi connectivity index (χ3n) is 6.47. The van der Waals surface area contributed by atoms with Crippen LogP contribution < -0.4 is 10.6 Å². The summed E-state index contributed by atoms with van der Waals surface area (Å²) in [4.78, 5) is 0. The fourth-order valence-corrected chi connectivity index (χ4v) is 5.41. The lowest BCUT2D eigenvalue weighted by molar-refractivity contribution is -0.606. The van der Waals surface area contributed by atoms with Crippen molar-refractivity contribution < 1.29 is 19.2 Å². The van der Waals surface area contributed by atoms with Crippen LogP contribution in [-0.2, 0) is 9.47 Å². The van der Waals surface area contributed by atoms with Crippen molar-refractivity contribution in [1.29, 1.82) is 0 Å². The van der Waals surface area contributed by atoms with E-state index in [1.807, 2.05) is 0 Å². The molecule has 0 unspecified atom stereocenters. The number of guanidine groups is 1. The molecule has 5 aliphatic rings. The number of hydrogen-bond acceptors (Lipinski definition) is 5. The van der Waals surface area contributed by atoms with Crippen LogP contribution in [0.3, 0.4) is 0 Å². The zero-order chi connectivity index (χ0) is 15.5. The van der Waals surface area contributed by atoms with Gasteiger partial charge in [0.15, 0.2) is 11.4 Å². The number of ether oxygens (including phenoxy) is 2. The number of hydrogen-bond donors (Lipinski definition) is 3. The van der Waals surface area contributed by atoms with E-state index in [0.717, 1.165) is 64.1 Å². The Kier molecular flexibility index (Phi) is 3.19. The van der Waals surface area contributed by atoms with E-state index in [4.69, 9.17) is 9.47 Å². The Morgan fingerprint density at radius 2 is 1.61 bits per heavy atom. The van der Waals surface area contributed by atoms with Gasteiger partial charge in [-0.1, -0.05) is 0 Å². The zero-order valence-corrected chi connectivity index (χ0v) is 13.7. The summed E-state index contributed by atoms with van der Waals surface area (Å²) in [6.45, 7) is 1.65. The van der Waals surface area contributed by atoms with Gasteiger partial charge in [-0.25, -0.2) is 10.6 Å². The third kappa shape index (κ3) is 2.22. The molecule has 0 aliphatic carbocycles. The Hall–Kier alpha value is -0.850. The van der Waals surface area contributed by atoms with Gasteiger partial charge in [-0.05, 0) is 25.7 Å². The summed E-state index contributed by atoms with van der Waals surface area (Å²) in [5, 5.41) is 18.0. The normalized spacial score (nSPS) is 49.0. The molecule has 0 bridgehead atoms. The molecular weight excluding hydrogens is 294 g/mol. The van der Waals surface area contributed by atoms with Gasteiger partial charge in [0.25, 0.3) is 0 Å². The molecule has 3 fully saturated rings. The lowest BCUT2D eigenvalue weighted by atomic mass is 9.91. The van der Waals surface area contributed by atoms with E-state index in [2.05, 4.69) is 15.2 Å². The highest BCUT2D eigenvalue weighted by Crippen LogP contribution is 2.41. The molecule has 3 saturated heterocycles. The Bertz CT molecular complexity index is 519. The number of aliphatic hydroxyl groups is 1. The summed E-state index contributed by atoms with van der Waals surface area (Å²) in [6, 6.07) is 0.542. The molecular formula is C17H28N3O3+. The molecule has 0 aromatic heterocycles. The Balaban J connectivity index is 1.50. The van der Waals surface area contributed by atoms with Crippen molar-refractivity contribution >= 4 is 5.96 Å². The highest BCUT2D eigenvalue weighted by atomic mass is 16.5. The van der Waals surface area contributed by atoms with Gasteiger partial charge >= 0.3 is 5.96 Å². The minimum absolute atomic E-state index is 0.169. The average Bonchev–Trinajstić information content (AvgIpc) is 2.84. The second kappa shape index (κ2) is 5.07. The minimum Gasteiger partial charge on any atom is -0.389 e. The average molecular weight is 322 g/mol. The molecule has 6 nitrogen and oxygen atoms in total. The molecule has 0 aromatic rings. The van der Waals surface area contributed by atoms with Crippen LogP contribution in [0, 0.1) is 0 Å². The van der Waals surface area contributed by atoms with Crippen molar-refractivity contribution in [2.45, 2.75) is 87.4 Å². The van der Waals surface area contributed by atoms with Crippen LogP contribution in [0.2, 0.25) is 0 Å². The first-order chi connectivity index (χ1) is 11.2. The summed E-state index contributed by atoms with van der Waals surface area (Å²) >= 11 is 0. The van der Waals surface area contributed by atoms with Gasteiger partial charge in [0.2, 0.25) is 0 Å². The maximum atomic E-state index is 10.7. The molecule has 0 radical (unpaired) electrons. The second-order valence-electron chi connectivity index (χ2n) is 8.04. The van der Waals surface area contributed by atoms with Crippen molar-refractivity contribution in [3.05, 3.63) is 0 Å². The maximum Gasteiger partial charge on any atom is 0.351 e. The van der Waals surface area contributed by atoms with Gasteiger partial charge in [-0.2, -0.15) is 0 Å². The van der Waals surface area contributed by atoms with Gasteiger partial charge in [0, 0.05) is 32.1 Å². The standard InChI is InChI=1S/C17H27N3O3/c21-14-9-12-10-16(5-1-3-7-22-16)18-15-19-17(6-2-4-8-23-17)11-13(14)20(12)15/h12-14,21H,1-11H2,(H,18,19)/p+1/t12-,13+,14-,16-,17-/m0/s1. The second-order valence-corrected chi connectivity index (χ2v) is 8.04. The van der Waals surface area contributed by atoms with Crippen LogP contribution in [0.1, 0.15) is 57.8 Å². The monoisotopic (exact) mass is 322 g/mol. The predicted octanol–water partition coefficient (Wildman–Crippen LogP) is 0.637. The summed E-state index contributed by atoms with van der Waals surface area (Å²) in [5.74, 6) is 1.04. The number of aliphatic hydroxyl groups excluding tert-OH is 1. The molecule has 5 atom stereocenters. The van der Waals surface area contributed by atoms with Crippen LogP contribution >= 0.6 is 0 Å². The highest BCUT2D eigenvalue weighted by Gasteiger charge is 2.59. The molecule has 5 aliphatic heterocycles. The van der Waals surface area contributed by atoms with Gasteiger partial charge in [0.05, 0.1) is 25.4 Å². The number of rotatable bonds is 0. The van der Waals surface area contributed by atoms with Crippen molar-refractivity contribution in [2.75, 3.05) is 13.2 Å². The lowest BCUT2D eigenvalue weighted by Crippen LogP contribution is -2.72. The van der Waals surface area contributed by atoms with Crippen LogP contribution in [-0.4, -0.2) is 58.5 Å². The summed E-state index contributed by atoms with van der Waals surface area (Å²) < 4.78 is 14.8. The summed E-state index contributed by atoms with van der Waals surface area (Å²) in [6.07, 6.45) is 9.19. The van der Waals surface area contributed by atoms with Gasteiger partial charge in [-0.3, -0.25) is 4.58 Å². The van der Waals surface area contributed by atoms with Crippen molar-refractivity contribution in [2.24, 2.45) is 0 Å². The van der Waals surface area contributed by atoms with E-state index in [0.29, 0.717) is 6.04 Å². The predicted molar refractivity (Wildman–Crippen MR) is 84.0 cm³/mol. The van der Waals surface area contributed by atoms with E-state index in [-0.39, 0.29) is 23.6 Å². The van der Waals surface area contributed by atoms with Crippen LogP contribution in [0.25, 0.3) is 0 Å². The molecule has 6 heteroatoms. The fraction of sp³-hybridized carbons (Fsp3) is 0.941. The van der Waals surface area contributed by atoms with E-state index in [1.54, 1.807) is 0 Å². The van der Waals surface area contributed by atoms with Crippen molar-refractivity contribution in [1.82, 2.24) is 10.6 Å².